The second-order valence-electron chi connectivity index (χ2n) is 6.06. The quantitative estimate of drug-likeness (QED) is 0.848. The van der Waals surface area contributed by atoms with Crippen LogP contribution in [-0.2, 0) is 0 Å². The maximum Gasteiger partial charge on any atom is 0.119 e. The van der Waals surface area contributed by atoms with Crippen molar-refractivity contribution in [1.29, 1.82) is 0 Å². The van der Waals surface area contributed by atoms with Crippen LogP contribution >= 0.6 is 0 Å². The molecule has 0 aliphatic heterocycles. The van der Waals surface area contributed by atoms with Crippen molar-refractivity contribution in [3.63, 3.8) is 0 Å². The zero-order valence-corrected chi connectivity index (χ0v) is 12.4. The van der Waals surface area contributed by atoms with Gasteiger partial charge >= 0.3 is 0 Å². The van der Waals surface area contributed by atoms with Gasteiger partial charge in [0.1, 0.15) is 5.75 Å². The number of hydrogen-bond acceptors (Lipinski definition) is 2. The second kappa shape index (κ2) is 5.96. The smallest absolute Gasteiger partial charge is 0.119 e. The van der Waals surface area contributed by atoms with Gasteiger partial charge in [0.25, 0.3) is 0 Å². The first-order chi connectivity index (χ1) is 9.07. The number of ether oxygens (including phenoxy) is 1. The molecule has 0 saturated heterocycles. The summed E-state index contributed by atoms with van der Waals surface area (Å²) in [4.78, 5) is 0. The number of aliphatic hydroxyl groups excluding tert-OH is 1. The zero-order chi connectivity index (χ0) is 13.9. The lowest BCUT2D eigenvalue weighted by Gasteiger charge is -2.33. The van der Waals surface area contributed by atoms with Gasteiger partial charge in [-0.1, -0.05) is 31.9 Å². The van der Waals surface area contributed by atoms with Crippen LogP contribution in [-0.4, -0.2) is 11.2 Å². The third-order valence-corrected chi connectivity index (χ3v) is 4.45. The molecule has 1 saturated carbocycles. The molecule has 0 aromatic heterocycles. The van der Waals surface area contributed by atoms with Crippen molar-refractivity contribution in [1.82, 2.24) is 0 Å². The van der Waals surface area contributed by atoms with E-state index < -0.39 is 0 Å². The van der Waals surface area contributed by atoms with Crippen LogP contribution in [0.25, 0.3) is 0 Å². The average Bonchev–Trinajstić information content (AvgIpc) is 2.88. The molecule has 2 rings (SSSR count). The Hall–Kier alpha value is -1.02. The van der Waals surface area contributed by atoms with Crippen LogP contribution in [0.15, 0.2) is 24.3 Å². The third-order valence-electron chi connectivity index (χ3n) is 4.45. The van der Waals surface area contributed by atoms with Crippen LogP contribution in [0.2, 0.25) is 0 Å². The van der Waals surface area contributed by atoms with E-state index in [-0.39, 0.29) is 17.6 Å². The van der Waals surface area contributed by atoms with Crippen LogP contribution < -0.4 is 4.74 Å². The van der Waals surface area contributed by atoms with E-state index in [4.69, 9.17) is 4.74 Å². The van der Waals surface area contributed by atoms with E-state index in [0.717, 1.165) is 30.6 Å². The Balaban J connectivity index is 2.12. The summed E-state index contributed by atoms with van der Waals surface area (Å²) in [6, 6.07) is 7.96. The number of rotatable bonds is 5. The van der Waals surface area contributed by atoms with Gasteiger partial charge in [0, 0.05) is 5.41 Å². The van der Waals surface area contributed by atoms with Crippen molar-refractivity contribution in [2.45, 2.75) is 65.1 Å². The Morgan fingerprint density at radius 2 is 1.74 bits per heavy atom. The Kier molecular flexibility index (Phi) is 4.51. The van der Waals surface area contributed by atoms with E-state index in [1.54, 1.807) is 0 Å². The van der Waals surface area contributed by atoms with Gasteiger partial charge in [0.15, 0.2) is 0 Å². The monoisotopic (exact) mass is 262 g/mol. The van der Waals surface area contributed by atoms with Gasteiger partial charge in [-0.25, -0.2) is 0 Å². The first kappa shape index (κ1) is 14.4. The fourth-order valence-corrected chi connectivity index (χ4v) is 3.25. The van der Waals surface area contributed by atoms with Gasteiger partial charge in [-0.15, -0.1) is 0 Å². The minimum absolute atomic E-state index is 0.0976. The summed E-state index contributed by atoms with van der Waals surface area (Å²) < 4.78 is 5.64. The standard InChI is InChI=1S/C17H26O2/c1-4-17(11-5-6-12-17)16(18)14-7-9-15(10-8-14)19-13(2)3/h7-10,13,16,18H,4-6,11-12H2,1-3H3. The van der Waals surface area contributed by atoms with E-state index in [1.165, 1.54) is 12.8 Å². The maximum atomic E-state index is 10.7. The maximum absolute atomic E-state index is 10.7. The van der Waals surface area contributed by atoms with Crippen molar-refractivity contribution < 1.29 is 9.84 Å². The van der Waals surface area contributed by atoms with Crippen LogP contribution in [0.4, 0.5) is 0 Å². The van der Waals surface area contributed by atoms with E-state index in [0.29, 0.717) is 0 Å². The van der Waals surface area contributed by atoms with E-state index in [1.807, 2.05) is 38.1 Å². The van der Waals surface area contributed by atoms with E-state index in [9.17, 15) is 5.11 Å². The highest BCUT2D eigenvalue weighted by atomic mass is 16.5. The van der Waals surface area contributed by atoms with Gasteiger partial charge in [0.2, 0.25) is 0 Å². The first-order valence-corrected chi connectivity index (χ1v) is 7.52. The van der Waals surface area contributed by atoms with Crippen LogP contribution in [0.3, 0.4) is 0 Å². The first-order valence-electron chi connectivity index (χ1n) is 7.52. The van der Waals surface area contributed by atoms with Gasteiger partial charge in [-0.05, 0) is 50.8 Å². The van der Waals surface area contributed by atoms with E-state index in [2.05, 4.69) is 6.92 Å². The fraction of sp³-hybridized carbons (Fsp3) is 0.647. The summed E-state index contributed by atoms with van der Waals surface area (Å²) in [5, 5.41) is 10.7. The third kappa shape index (κ3) is 3.11. The molecule has 0 radical (unpaired) electrons. The molecule has 1 aliphatic carbocycles. The number of aliphatic hydroxyl groups is 1. The highest BCUT2D eigenvalue weighted by molar-refractivity contribution is 5.29. The lowest BCUT2D eigenvalue weighted by molar-refractivity contribution is 0.0237. The van der Waals surface area contributed by atoms with Gasteiger partial charge in [-0.3, -0.25) is 0 Å². The summed E-state index contributed by atoms with van der Waals surface area (Å²) in [5.74, 6) is 0.878. The van der Waals surface area contributed by atoms with Crippen molar-refractivity contribution in [3.8, 4) is 5.75 Å². The lowest BCUT2D eigenvalue weighted by atomic mass is 9.75. The Bertz CT molecular complexity index is 388. The zero-order valence-electron chi connectivity index (χ0n) is 12.4. The predicted molar refractivity (Wildman–Crippen MR) is 78.4 cm³/mol. The Morgan fingerprint density at radius 1 is 1.16 bits per heavy atom. The van der Waals surface area contributed by atoms with Crippen molar-refractivity contribution in [2.24, 2.45) is 5.41 Å². The van der Waals surface area contributed by atoms with Gasteiger partial charge in [-0.2, -0.15) is 0 Å². The molecular weight excluding hydrogens is 236 g/mol. The van der Waals surface area contributed by atoms with Crippen LogP contribution in [0.5, 0.6) is 5.75 Å². The molecule has 1 fully saturated rings. The molecule has 0 heterocycles. The number of hydrogen-bond donors (Lipinski definition) is 1. The largest absolute Gasteiger partial charge is 0.491 e. The molecule has 1 aliphatic rings. The molecular formula is C17H26O2. The highest BCUT2D eigenvalue weighted by Gasteiger charge is 2.39. The summed E-state index contributed by atoms with van der Waals surface area (Å²) in [6.45, 7) is 6.24. The Labute approximate surface area is 116 Å². The van der Waals surface area contributed by atoms with Crippen LogP contribution in [0.1, 0.15) is 64.5 Å². The molecule has 1 N–H and O–H groups in total. The second-order valence-corrected chi connectivity index (χ2v) is 6.06. The molecule has 1 atom stereocenters. The normalized spacial score (nSPS) is 19.6. The summed E-state index contributed by atoms with van der Waals surface area (Å²) in [6.07, 6.45) is 5.70. The average molecular weight is 262 g/mol. The van der Waals surface area contributed by atoms with Crippen molar-refractivity contribution >= 4 is 0 Å². The molecule has 1 aromatic carbocycles. The molecule has 1 unspecified atom stereocenters. The predicted octanol–water partition coefficient (Wildman–Crippen LogP) is 4.48. The SMILES string of the molecule is CCC1(C(O)c2ccc(OC(C)C)cc2)CCCC1. The molecule has 2 heteroatoms. The minimum atomic E-state index is -0.340. The van der Waals surface area contributed by atoms with Crippen molar-refractivity contribution in [2.75, 3.05) is 0 Å². The van der Waals surface area contributed by atoms with Crippen LogP contribution in [0, 0.1) is 5.41 Å². The summed E-state index contributed by atoms with van der Waals surface area (Å²) >= 11 is 0. The molecule has 2 nitrogen and oxygen atoms in total. The lowest BCUT2D eigenvalue weighted by Crippen LogP contribution is -2.25. The van der Waals surface area contributed by atoms with E-state index >= 15 is 0 Å². The van der Waals surface area contributed by atoms with Crippen molar-refractivity contribution in [3.05, 3.63) is 29.8 Å². The molecule has 1 aromatic rings. The molecule has 0 amide bonds. The van der Waals surface area contributed by atoms with Gasteiger partial charge < -0.3 is 9.84 Å². The molecule has 0 bridgehead atoms. The summed E-state index contributed by atoms with van der Waals surface area (Å²) in [7, 11) is 0. The molecule has 19 heavy (non-hydrogen) atoms. The highest BCUT2D eigenvalue weighted by Crippen LogP contribution is 2.50. The number of benzene rings is 1. The minimum Gasteiger partial charge on any atom is -0.491 e. The summed E-state index contributed by atoms with van der Waals surface area (Å²) in [5.41, 5.74) is 1.13. The fourth-order valence-electron chi connectivity index (χ4n) is 3.25. The topological polar surface area (TPSA) is 29.5 Å². The molecule has 106 valence electrons. The van der Waals surface area contributed by atoms with Gasteiger partial charge in [0.05, 0.1) is 12.2 Å². The molecule has 0 spiro atoms. The Morgan fingerprint density at radius 3 is 2.21 bits per heavy atom.